The molecule has 0 bridgehead atoms. The molecule has 2 rings (SSSR count). The Morgan fingerprint density at radius 3 is 2.79 bits per heavy atom. The molecule has 0 spiro atoms. The van der Waals surface area contributed by atoms with Crippen molar-refractivity contribution in [1.82, 2.24) is 9.97 Å². The molecule has 0 N–H and O–H groups in total. The van der Waals surface area contributed by atoms with Crippen LogP contribution in [0.2, 0.25) is 5.28 Å². The quantitative estimate of drug-likeness (QED) is 0.747. The number of aryl methyl sites for hydroxylation is 1. The highest BCUT2D eigenvalue weighted by Gasteiger charge is 2.09. The molecule has 0 amide bonds. The number of hydrogen-bond donors (Lipinski definition) is 0. The van der Waals surface area contributed by atoms with Crippen molar-refractivity contribution in [2.75, 3.05) is 0 Å². The first-order valence-corrected chi connectivity index (χ1v) is 5.08. The molecule has 0 fully saturated rings. The van der Waals surface area contributed by atoms with Gasteiger partial charge in [-0.3, -0.25) is 0 Å². The average Bonchev–Trinajstić information content (AvgIpc) is 2.49. The summed E-state index contributed by atoms with van der Waals surface area (Å²) < 4.78 is 6.12. The number of rotatable bonds is 1. The fourth-order valence-electron chi connectivity index (χ4n) is 1.13. The van der Waals surface area contributed by atoms with E-state index in [1.54, 1.807) is 12.3 Å². The number of nitrogens with zero attached hydrogens (tertiary/aromatic N) is 2. The van der Waals surface area contributed by atoms with Gasteiger partial charge in [0, 0.05) is 5.69 Å². The first-order chi connectivity index (χ1) is 6.66. The summed E-state index contributed by atoms with van der Waals surface area (Å²) in [7, 11) is 0. The highest BCUT2D eigenvalue weighted by atomic mass is 79.9. The van der Waals surface area contributed by atoms with Gasteiger partial charge in [-0.2, -0.15) is 0 Å². The van der Waals surface area contributed by atoms with Crippen LogP contribution in [0.1, 0.15) is 5.69 Å². The lowest BCUT2D eigenvalue weighted by Crippen LogP contribution is -1.89. The zero-order chi connectivity index (χ0) is 10.1. The molecule has 0 unspecified atom stereocenters. The number of hydrogen-bond acceptors (Lipinski definition) is 3. The molecule has 2 heterocycles. The van der Waals surface area contributed by atoms with Crippen LogP contribution < -0.4 is 0 Å². The van der Waals surface area contributed by atoms with E-state index in [1.807, 2.05) is 13.0 Å². The fourth-order valence-corrected chi connectivity index (χ4v) is 1.75. The molecule has 0 saturated carbocycles. The number of aromatic nitrogens is 2. The van der Waals surface area contributed by atoms with Gasteiger partial charge in [-0.25, -0.2) is 9.97 Å². The Bertz CT molecular complexity index is 449. The Balaban J connectivity index is 2.57. The highest BCUT2D eigenvalue weighted by Crippen LogP contribution is 2.28. The third-order valence-corrected chi connectivity index (χ3v) is 2.47. The van der Waals surface area contributed by atoms with Gasteiger partial charge in [0.15, 0.2) is 5.76 Å². The summed E-state index contributed by atoms with van der Waals surface area (Å²) in [6.45, 7) is 1.86. The van der Waals surface area contributed by atoms with Crippen molar-refractivity contribution in [2.45, 2.75) is 6.92 Å². The molecule has 0 radical (unpaired) electrons. The second-order valence-corrected chi connectivity index (χ2v) is 3.95. The maximum Gasteiger partial charge on any atom is 0.223 e. The predicted octanol–water partition coefficient (Wildman–Crippen LogP) is 3.46. The molecule has 0 aliphatic carbocycles. The topological polar surface area (TPSA) is 38.9 Å². The highest BCUT2D eigenvalue weighted by molar-refractivity contribution is 9.10. The van der Waals surface area contributed by atoms with Crippen LogP contribution in [0.3, 0.4) is 0 Å². The third kappa shape index (κ3) is 1.81. The SMILES string of the molecule is Cc1cc(-c2occc2Br)nc(Cl)n1. The zero-order valence-electron chi connectivity index (χ0n) is 7.29. The molecular formula is C9H6BrClN2O. The van der Waals surface area contributed by atoms with E-state index in [9.17, 15) is 0 Å². The van der Waals surface area contributed by atoms with E-state index in [-0.39, 0.29) is 5.28 Å². The molecule has 0 aliphatic rings. The van der Waals surface area contributed by atoms with Crippen molar-refractivity contribution in [2.24, 2.45) is 0 Å². The molecular weight excluding hydrogens is 267 g/mol. The van der Waals surface area contributed by atoms with Crippen LogP contribution in [0.25, 0.3) is 11.5 Å². The van der Waals surface area contributed by atoms with E-state index in [1.165, 1.54) is 0 Å². The second-order valence-electron chi connectivity index (χ2n) is 2.76. The van der Waals surface area contributed by atoms with Crippen LogP contribution in [0.5, 0.6) is 0 Å². The third-order valence-electron chi connectivity index (χ3n) is 1.68. The van der Waals surface area contributed by atoms with Crippen LogP contribution in [0.15, 0.2) is 27.3 Å². The predicted molar refractivity (Wildman–Crippen MR) is 57.2 cm³/mol. The van der Waals surface area contributed by atoms with Gasteiger partial charge in [0.25, 0.3) is 0 Å². The average molecular weight is 274 g/mol. The number of furan rings is 1. The smallest absolute Gasteiger partial charge is 0.223 e. The summed E-state index contributed by atoms with van der Waals surface area (Å²) in [5.74, 6) is 0.664. The standard InChI is InChI=1S/C9H6BrClN2O/c1-5-4-7(13-9(11)12-5)8-6(10)2-3-14-8/h2-4H,1H3. The minimum Gasteiger partial charge on any atom is -0.461 e. The van der Waals surface area contributed by atoms with E-state index in [2.05, 4.69) is 25.9 Å². The van der Waals surface area contributed by atoms with Gasteiger partial charge in [-0.05, 0) is 46.6 Å². The Labute approximate surface area is 94.3 Å². The molecule has 5 heteroatoms. The van der Waals surface area contributed by atoms with E-state index >= 15 is 0 Å². The molecule has 0 aromatic carbocycles. The molecule has 72 valence electrons. The van der Waals surface area contributed by atoms with Crippen molar-refractivity contribution >= 4 is 27.5 Å². The van der Waals surface area contributed by atoms with Gasteiger partial charge in [0.2, 0.25) is 5.28 Å². The summed E-state index contributed by atoms with van der Waals surface area (Å²) in [6, 6.07) is 3.62. The van der Waals surface area contributed by atoms with Crippen LogP contribution in [0, 0.1) is 6.92 Å². The second kappa shape index (κ2) is 3.71. The Morgan fingerprint density at radius 2 is 2.21 bits per heavy atom. The van der Waals surface area contributed by atoms with Crippen molar-refractivity contribution in [1.29, 1.82) is 0 Å². The molecule has 14 heavy (non-hydrogen) atoms. The maximum absolute atomic E-state index is 5.74. The molecule has 2 aromatic heterocycles. The van der Waals surface area contributed by atoms with Crippen molar-refractivity contribution < 1.29 is 4.42 Å². The minimum absolute atomic E-state index is 0.225. The molecule has 0 aliphatic heterocycles. The first-order valence-electron chi connectivity index (χ1n) is 3.91. The van der Waals surface area contributed by atoms with Crippen molar-refractivity contribution in [3.63, 3.8) is 0 Å². The van der Waals surface area contributed by atoms with Gasteiger partial charge >= 0.3 is 0 Å². The first kappa shape index (κ1) is 9.68. The van der Waals surface area contributed by atoms with Gasteiger partial charge in [-0.15, -0.1) is 0 Å². The lowest BCUT2D eigenvalue weighted by molar-refractivity contribution is 0.578. The monoisotopic (exact) mass is 272 g/mol. The van der Waals surface area contributed by atoms with Gasteiger partial charge in [0.1, 0.15) is 5.69 Å². The summed E-state index contributed by atoms with van der Waals surface area (Å²) in [5.41, 5.74) is 1.49. The van der Waals surface area contributed by atoms with Crippen molar-refractivity contribution in [3.8, 4) is 11.5 Å². The van der Waals surface area contributed by atoms with Gasteiger partial charge in [0.05, 0.1) is 10.7 Å². The molecule has 3 nitrogen and oxygen atoms in total. The Kier molecular flexibility index (Phi) is 2.56. The van der Waals surface area contributed by atoms with E-state index in [4.69, 9.17) is 16.0 Å². The minimum atomic E-state index is 0.225. The largest absolute Gasteiger partial charge is 0.461 e. The van der Waals surface area contributed by atoms with Crippen molar-refractivity contribution in [3.05, 3.63) is 33.8 Å². The van der Waals surface area contributed by atoms with Gasteiger partial charge < -0.3 is 4.42 Å². The lowest BCUT2D eigenvalue weighted by atomic mass is 10.3. The Morgan fingerprint density at radius 1 is 1.43 bits per heavy atom. The summed E-state index contributed by atoms with van der Waals surface area (Å²) >= 11 is 9.10. The zero-order valence-corrected chi connectivity index (χ0v) is 9.63. The lowest BCUT2D eigenvalue weighted by Gasteiger charge is -1.99. The fraction of sp³-hybridized carbons (Fsp3) is 0.111. The molecule has 2 aromatic rings. The van der Waals surface area contributed by atoms with Crippen LogP contribution in [0.4, 0.5) is 0 Å². The number of halogens is 2. The van der Waals surface area contributed by atoms with E-state index in [0.29, 0.717) is 11.5 Å². The maximum atomic E-state index is 5.74. The van der Waals surface area contributed by atoms with E-state index < -0.39 is 0 Å². The summed E-state index contributed by atoms with van der Waals surface area (Å²) in [5, 5.41) is 0.225. The Hall–Kier alpha value is -0.870. The van der Waals surface area contributed by atoms with Crippen LogP contribution >= 0.6 is 27.5 Å². The molecule has 0 saturated heterocycles. The van der Waals surface area contributed by atoms with Gasteiger partial charge in [-0.1, -0.05) is 0 Å². The normalized spacial score (nSPS) is 10.5. The summed E-state index contributed by atoms with van der Waals surface area (Å²) in [4.78, 5) is 8.04. The van der Waals surface area contributed by atoms with Crippen LogP contribution in [-0.2, 0) is 0 Å². The van der Waals surface area contributed by atoms with Crippen LogP contribution in [-0.4, -0.2) is 9.97 Å². The van der Waals surface area contributed by atoms with E-state index in [0.717, 1.165) is 10.2 Å². The molecule has 0 atom stereocenters. The summed E-state index contributed by atoms with van der Waals surface area (Å²) in [6.07, 6.45) is 1.59.